The van der Waals surface area contributed by atoms with Gasteiger partial charge in [-0.1, -0.05) is 47.6 Å². The highest BCUT2D eigenvalue weighted by atomic mass is 16.5. The molecule has 0 saturated carbocycles. The van der Waals surface area contributed by atoms with E-state index in [1.54, 1.807) is 6.33 Å². The standard InChI is InChI=1S/C37H36N4O/c1-21-22(2)41-32-12-9-26(19-29(32)34-33-30(39-20-40-34)11-10-28(21)35(33)41)42-27-16-23(15-25(17-27)37(6,7)8)31-18-24(13-14-38-31)36(3,4)5/h9-20H,1-8H3. The number of benzene rings is 3. The van der Waals surface area contributed by atoms with Gasteiger partial charge in [0.25, 0.3) is 0 Å². The van der Waals surface area contributed by atoms with Crippen molar-refractivity contribution in [2.24, 2.45) is 0 Å². The molecule has 0 aliphatic carbocycles. The maximum atomic E-state index is 6.65. The largest absolute Gasteiger partial charge is 0.457 e. The molecule has 0 bridgehead atoms. The smallest absolute Gasteiger partial charge is 0.128 e. The molecule has 0 aliphatic heterocycles. The van der Waals surface area contributed by atoms with Crippen LogP contribution < -0.4 is 4.74 Å². The van der Waals surface area contributed by atoms with E-state index in [4.69, 9.17) is 14.7 Å². The Kier molecular flexibility index (Phi) is 5.65. The number of ether oxygens (including phenoxy) is 1. The summed E-state index contributed by atoms with van der Waals surface area (Å²) in [6, 6.07) is 21.4. The monoisotopic (exact) mass is 552 g/mol. The number of fused-ring (bicyclic) bond motifs is 3. The van der Waals surface area contributed by atoms with E-state index in [0.29, 0.717) is 0 Å². The quantitative estimate of drug-likeness (QED) is 0.162. The van der Waals surface area contributed by atoms with Crippen LogP contribution in [0.15, 0.2) is 73.2 Å². The molecule has 7 aromatic rings. The van der Waals surface area contributed by atoms with Crippen molar-refractivity contribution in [1.29, 1.82) is 0 Å². The molecule has 0 radical (unpaired) electrons. The Labute approximate surface area is 246 Å². The third kappa shape index (κ3) is 4.10. The molecule has 0 saturated heterocycles. The van der Waals surface area contributed by atoms with Crippen molar-refractivity contribution in [3.05, 3.63) is 95.6 Å². The van der Waals surface area contributed by atoms with Gasteiger partial charge in [0.15, 0.2) is 0 Å². The lowest BCUT2D eigenvalue weighted by Gasteiger charge is -2.22. The molecular weight excluding hydrogens is 516 g/mol. The average molecular weight is 553 g/mol. The van der Waals surface area contributed by atoms with E-state index in [0.717, 1.165) is 50.1 Å². The number of hydrogen-bond acceptors (Lipinski definition) is 4. The molecule has 210 valence electrons. The highest BCUT2D eigenvalue weighted by Crippen LogP contribution is 2.40. The first-order chi connectivity index (χ1) is 19.9. The fourth-order valence-corrected chi connectivity index (χ4v) is 6.10. The zero-order valence-electron chi connectivity index (χ0n) is 25.6. The van der Waals surface area contributed by atoms with Crippen LogP contribution in [0.4, 0.5) is 0 Å². The van der Waals surface area contributed by atoms with E-state index in [-0.39, 0.29) is 10.8 Å². The van der Waals surface area contributed by atoms with E-state index in [9.17, 15) is 0 Å². The SMILES string of the molecule is Cc1c(C)n2c3ccc(Oc4cc(-c5cc(C(C)(C)C)ccn5)cc(C(C)(C)C)c4)cc3c3ncnc4ccc1c2c43. The minimum atomic E-state index is -0.0585. The van der Waals surface area contributed by atoms with E-state index < -0.39 is 0 Å². The lowest BCUT2D eigenvalue weighted by Crippen LogP contribution is -2.12. The molecule has 0 fully saturated rings. The summed E-state index contributed by atoms with van der Waals surface area (Å²) in [6.45, 7) is 17.8. The summed E-state index contributed by atoms with van der Waals surface area (Å²) in [5, 5.41) is 3.39. The first-order valence-corrected chi connectivity index (χ1v) is 14.6. The van der Waals surface area contributed by atoms with Gasteiger partial charge >= 0.3 is 0 Å². The second kappa shape index (κ2) is 8.99. The Morgan fingerprint density at radius 1 is 0.690 bits per heavy atom. The molecule has 4 heterocycles. The number of nitrogens with zero attached hydrogens (tertiary/aromatic N) is 4. The summed E-state index contributed by atoms with van der Waals surface area (Å²) < 4.78 is 9.01. The van der Waals surface area contributed by atoms with Crippen molar-refractivity contribution in [3.63, 3.8) is 0 Å². The van der Waals surface area contributed by atoms with Gasteiger partial charge < -0.3 is 9.14 Å². The normalized spacial score (nSPS) is 12.8. The minimum absolute atomic E-state index is 0.0367. The van der Waals surface area contributed by atoms with Crippen molar-refractivity contribution in [1.82, 2.24) is 19.4 Å². The molecule has 5 nitrogen and oxygen atoms in total. The van der Waals surface area contributed by atoms with Gasteiger partial charge in [0.1, 0.15) is 17.8 Å². The third-order valence-electron chi connectivity index (χ3n) is 8.68. The van der Waals surface area contributed by atoms with Gasteiger partial charge in [0, 0.05) is 28.2 Å². The molecule has 7 rings (SSSR count). The molecule has 3 aromatic carbocycles. The van der Waals surface area contributed by atoms with E-state index in [2.05, 4.69) is 125 Å². The molecule has 4 aromatic heterocycles. The average Bonchev–Trinajstić information content (AvgIpc) is 3.21. The van der Waals surface area contributed by atoms with Gasteiger partial charge in [-0.25, -0.2) is 9.97 Å². The molecule has 0 atom stereocenters. The van der Waals surface area contributed by atoms with Crippen molar-refractivity contribution < 1.29 is 4.74 Å². The molecule has 0 spiro atoms. The molecule has 0 unspecified atom stereocenters. The summed E-state index contributed by atoms with van der Waals surface area (Å²) in [6.07, 6.45) is 3.57. The summed E-state index contributed by atoms with van der Waals surface area (Å²) in [5.41, 5.74) is 11.1. The van der Waals surface area contributed by atoms with Crippen LogP contribution in [-0.2, 0) is 10.8 Å². The molecule has 0 N–H and O–H groups in total. The fourth-order valence-electron chi connectivity index (χ4n) is 6.10. The van der Waals surface area contributed by atoms with Crippen LogP contribution in [0.25, 0.3) is 49.5 Å². The van der Waals surface area contributed by atoms with Crippen LogP contribution in [-0.4, -0.2) is 19.4 Å². The first kappa shape index (κ1) is 26.4. The Bertz CT molecular complexity index is 2160. The van der Waals surface area contributed by atoms with Crippen molar-refractivity contribution in [2.45, 2.75) is 66.2 Å². The number of rotatable bonds is 3. The molecule has 0 amide bonds. The summed E-state index contributed by atoms with van der Waals surface area (Å²) in [4.78, 5) is 14.1. The van der Waals surface area contributed by atoms with E-state index in [1.165, 1.54) is 33.3 Å². The van der Waals surface area contributed by atoms with Crippen molar-refractivity contribution in [2.75, 3.05) is 0 Å². The van der Waals surface area contributed by atoms with Crippen molar-refractivity contribution >= 4 is 38.2 Å². The van der Waals surface area contributed by atoms with Gasteiger partial charge in [-0.3, -0.25) is 4.98 Å². The number of pyridine rings is 2. The van der Waals surface area contributed by atoms with Gasteiger partial charge in [0.05, 0.1) is 33.1 Å². The van der Waals surface area contributed by atoms with Gasteiger partial charge in [-0.05, 0) is 96.0 Å². The van der Waals surface area contributed by atoms with Crippen LogP contribution >= 0.6 is 0 Å². The minimum Gasteiger partial charge on any atom is -0.457 e. The van der Waals surface area contributed by atoms with Crippen LogP contribution in [0.5, 0.6) is 11.5 Å². The zero-order valence-corrected chi connectivity index (χ0v) is 25.6. The third-order valence-corrected chi connectivity index (χ3v) is 8.68. The van der Waals surface area contributed by atoms with Crippen LogP contribution in [0.1, 0.15) is 63.9 Å². The Morgan fingerprint density at radius 3 is 2.24 bits per heavy atom. The molecule has 5 heteroatoms. The fraction of sp³-hybridized carbons (Fsp3) is 0.270. The summed E-state index contributed by atoms with van der Waals surface area (Å²) >= 11 is 0. The Balaban J connectivity index is 1.40. The first-order valence-electron chi connectivity index (χ1n) is 14.6. The zero-order chi connectivity index (χ0) is 29.6. The van der Waals surface area contributed by atoms with E-state index >= 15 is 0 Å². The lowest BCUT2D eigenvalue weighted by molar-refractivity contribution is 0.479. The number of hydrogen-bond donors (Lipinski definition) is 0. The molecule has 42 heavy (non-hydrogen) atoms. The van der Waals surface area contributed by atoms with Crippen LogP contribution in [0, 0.1) is 13.8 Å². The second-order valence-corrected chi connectivity index (χ2v) is 13.6. The lowest BCUT2D eigenvalue weighted by atomic mass is 9.84. The molecule has 0 aliphatic rings. The highest BCUT2D eigenvalue weighted by Gasteiger charge is 2.21. The molecular formula is C37H36N4O. The summed E-state index contributed by atoms with van der Waals surface area (Å²) in [5.74, 6) is 1.56. The van der Waals surface area contributed by atoms with Gasteiger partial charge in [-0.15, -0.1) is 0 Å². The highest BCUT2D eigenvalue weighted by molar-refractivity contribution is 6.21. The Hall–Kier alpha value is -4.51. The second-order valence-electron chi connectivity index (χ2n) is 13.6. The number of aryl methyl sites for hydroxylation is 2. The summed E-state index contributed by atoms with van der Waals surface area (Å²) in [7, 11) is 0. The van der Waals surface area contributed by atoms with Gasteiger partial charge in [-0.2, -0.15) is 0 Å². The van der Waals surface area contributed by atoms with Crippen molar-refractivity contribution in [3.8, 4) is 22.8 Å². The predicted molar refractivity (Wildman–Crippen MR) is 173 cm³/mol. The maximum absolute atomic E-state index is 6.65. The van der Waals surface area contributed by atoms with Crippen LogP contribution in [0.3, 0.4) is 0 Å². The van der Waals surface area contributed by atoms with Gasteiger partial charge in [0.2, 0.25) is 0 Å². The predicted octanol–water partition coefficient (Wildman–Crippen LogP) is 9.69. The number of aromatic nitrogens is 4. The Morgan fingerprint density at radius 2 is 1.48 bits per heavy atom. The topological polar surface area (TPSA) is 52.3 Å². The van der Waals surface area contributed by atoms with E-state index in [1.807, 2.05) is 6.20 Å². The van der Waals surface area contributed by atoms with Crippen LogP contribution in [0.2, 0.25) is 0 Å². The maximum Gasteiger partial charge on any atom is 0.128 e.